The maximum atomic E-state index is 4.96. The van der Waals surface area contributed by atoms with Crippen molar-refractivity contribution in [2.45, 2.75) is 20.8 Å². The zero-order valence-electron chi connectivity index (χ0n) is 7.25. The average Bonchev–Trinajstić information content (AvgIpc) is 2.48. The Hall–Kier alpha value is -1.45. The standard InChI is InChI=1S/C8H9N3O/c1-4-5(2)7-8(9-6(4)3)10-11-12-7/h1-3H3. The summed E-state index contributed by atoms with van der Waals surface area (Å²) < 4.78 is 4.96. The van der Waals surface area contributed by atoms with Crippen molar-refractivity contribution < 1.29 is 4.52 Å². The lowest BCUT2D eigenvalue weighted by Gasteiger charge is -2.00. The minimum atomic E-state index is 0.593. The molecule has 12 heavy (non-hydrogen) atoms. The van der Waals surface area contributed by atoms with Crippen molar-refractivity contribution in [1.29, 1.82) is 0 Å². The molecule has 0 aliphatic rings. The molecule has 4 nitrogen and oxygen atoms in total. The van der Waals surface area contributed by atoms with Crippen LogP contribution in [-0.4, -0.2) is 15.4 Å². The van der Waals surface area contributed by atoms with Crippen LogP contribution in [0.2, 0.25) is 0 Å². The van der Waals surface area contributed by atoms with E-state index in [0.29, 0.717) is 11.2 Å². The monoisotopic (exact) mass is 163 g/mol. The van der Waals surface area contributed by atoms with E-state index >= 15 is 0 Å². The number of hydrogen-bond acceptors (Lipinski definition) is 4. The molecule has 0 radical (unpaired) electrons. The first-order valence-corrected chi connectivity index (χ1v) is 3.76. The van der Waals surface area contributed by atoms with Gasteiger partial charge in [-0.1, -0.05) is 5.10 Å². The third-order valence-corrected chi connectivity index (χ3v) is 2.19. The number of aromatic nitrogens is 3. The number of hydrogen-bond donors (Lipinski definition) is 0. The number of pyridine rings is 1. The Bertz CT molecular complexity index is 433. The van der Waals surface area contributed by atoms with E-state index in [0.717, 1.165) is 16.8 Å². The molecule has 0 fully saturated rings. The molecule has 62 valence electrons. The fourth-order valence-electron chi connectivity index (χ4n) is 1.18. The van der Waals surface area contributed by atoms with Crippen molar-refractivity contribution in [3.05, 3.63) is 16.8 Å². The molecule has 0 atom stereocenters. The van der Waals surface area contributed by atoms with Gasteiger partial charge >= 0.3 is 0 Å². The van der Waals surface area contributed by atoms with Gasteiger partial charge in [-0.15, -0.1) is 0 Å². The molecule has 2 heterocycles. The second kappa shape index (κ2) is 2.27. The summed E-state index contributed by atoms with van der Waals surface area (Å²) in [5.74, 6) is 0. The summed E-state index contributed by atoms with van der Waals surface area (Å²) in [6.07, 6.45) is 0. The van der Waals surface area contributed by atoms with E-state index in [-0.39, 0.29) is 0 Å². The van der Waals surface area contributed by atoms with E-state index in [2.05, 4.69) is 15.4 Å². The SMILES string of the molecule is Cc1nc2nnoc2c(C)c1C. The Labute approximate surface area is 69.6 Å². The van der Waals surface area contributed by atoms with Crippen molar-refractivity contribution in [2.75, 3.05) is 0 Å². The van der Waals surface area contributed by atoms with Crippen LogP contribution in [0.15, 0.2) is 4.52 Å². The molecule has 0 aromatic carbocycles. The molecule has 2 aromatic heterocycles. The topological polar surface area (TPSA) is 51.8 Å². The predicted octanol–water partition coefficient (Wildman–Crippen LogP) is 1.54. The van der Waals surface area contributed by atoms with Gasteiger partial charge < -0.3 is 4.52 Å². The Morgan fingerprint density at radius 1 is 1.08 bits per heavy atom. The van der Waals surface area contributed by atoms with E-state index in [1.165, 1.54) is 0 Å². The van der Waals surface area contributed by atoms with Crippen LogP contribution >= 0.6 is 0 Å². The van der Waals surface area contributed by atoms with Gasteiger partial charge in [-0.25, -0.2) is 4.98 Å². The van der Waals surface area contributed by atoms with E-state index in [1.54, 1.807) is 0 Å². The van der Waals surface area contributed by atoms with Crippen LogP contribution in [0.4, 0.5) is 0 Å². The van der Waals surface area contributed by atoms with Crippen LogP contribution in [-0.2, 0) is 0 Å². The first kappa shape index (κ1) is 7.21. The number of fused-ring (bicyclic) bond motifs is 1. The smallest absolute Gasteiger partial charge is 0.224 e. The highest BCUT2D eigenvalue weighted by molar-refractivity contribution is 5.72. The Morgan fingerprint density at radius 2 is 1.83 bits per heavy atom. The van der Waals surface area contributed by atoms with E-state index in [4.69, 9.17) is 4.52 Å². The Balaban J connectivity index is 2.94. The first-order chi connectivity index (χ1) is 5.70. The van der Waals surface area contributed by atoms with Crippen molar-refractivity contribution in [2.24, 2.45) is 0 Å². The highest BCUT2D eigenvalue weighted by Crippen LogP contribution is 2.19. The minimum absolute atomic E-state index is 0.593. The van der Waals surface area contributed by atoms with E-state index < -0.39 is 0 Å². The Morgan fingerprint density at radius 3 is 2.58 bits per heavy atom. The fourth-order valence-corrected chi connectivity index (χ4v) is 1.18. The van der Waals surface area contributed by atoms with Crippen LogP contribution in [0.25, 0.3) is 11.2 Å². The van der Waals surface area contributed by atoms with Crippen LogP contribution in [0.3, 0.4) is 0 Å². The molecule has 0 spiro atoms. The zero-order chi connectivity index (χ0) is 8.72. The third kappa shape index (κ3) is 0.809. The molecule has 0 amide bonds. The summed E-state index contributed by atoms with van der Waals surface area (Å²) in [6.45, 7) is 5.95. The van der Waals surface area contributed by atoms with Crippen molar-refractivity contribution in [1.82, 2.24) is 15.4 Å². The summed E-state index contributed by atoms with van der Waals surface area (Å²) in [4.78, 5) is 4.23. The van der Waals surface area contributed by atoms with Gasteiger partial charge in [0.15, 0.2) is 0 Å². The number of nitrogens with zero attached hydrogens (tertiary/aromatic N) is 3. The quantitative estimate of drug-likeness (QED) is 0.591. The van der Waals surface area contributed by atoms with Gasteiger partial charge in [0.2, 0.25) is 11.2 Å². The zero-order valence-corrected chi connectivity index (χ0v) is 7.25. The van der Waals surface area contributed by atoms with E-state index in [1.807, 2.05) is 20.8 Å². The molecule has 2 rings (SSSR count). The summed E-state index contributed by atoms with van der Waals surface area (Å²) in [6, 6.07) is 0. The number of rotatable bonds is 0. The van der Waals surface area contributed by atoms with Crippen LogP contribution in [0.1, 0.15) is 16.8 Å². The predicted molar refractivity (Wildman–Crippen MR) is 43.8 cm³/mol. The summed E-state index contributed by atoms with van der Waals surface area (Å²) >= 11 is 0. The average molecular weight is 163 g/mol. The molecular formula is C8H9N3O. The maximum Gasteiger partial charge on any atom is 0.224 e. The van der Waals surface area contributed by atoms with Gasteiger partial charge in [0.25, 0.3) is 0 Å². The second-order valence-corrected chi connectivity index (χ2v) is 2.87. The lowest BCUT2D eigenvalue weighted by molar-refractivity contribution is 0.422. The second-order valence-electron chi connectivity index (χ2n) is 2.87. The van der Waals surface area contributed by atoms with Crippen LogP contribution in [0, 0.1) is 20.8 Å². The van der Waals surface area contributed by atoms with Crippen molar-refractivity contribution in [3.63, 3.8) is 0 Å². The molecule has 0 bridgehead atoms. The summed E-state index contributed by atoms with van der Waals surface area (Å²) in [5, 5.41) is 7.21. The molecule has 0 aliphatic carbocycles. The van der Waals surface area contributed by atoms with Gasteiger partial charge in [-0.05, 0) is 26.3 Å². The third-order valence-electron chi connectivity index (χ3n) is 2.19. The summed E-state index contributed by atoms with van der Waals surface area (Å²) in [7, 11) is 0. The molecule has 0 aliphatic heterocycles. The minimum Gasteiger partial charge on any atom is -0.335 e. The molecule has 2 aromatic rings. The lowest BCUT2D eigenvalue weighted by Crippen LogP contribution is -1.91. The van der Waals surface area contributed by atoms with Gasteiger partial charge in [-0.2, -0.15) is 0 Å². The van der Waals surface area contributed by atoms with Gasteiger partial charge in [0.05, 0.1) is 0 Å². The van der Waals surface area contributed by atoms with Gasteiger partial charge in [-0.3, -0.25) is 0 Å². The van der Waals surface area contributed by atoms with Crippen LogP contribution in [0.5, 0.6) is 0 Å². The highest BCUT2D eigenvalue weighted by Gasteiger charge is 2.09. The lowest BCUT2D eigenvalue weighted by atomic mass is 10.1. The molecule has 4 heteroatoms. The van der Waals surface area contributed by atoms with Crippen molar-refractivity contribution in [3.8, 4) is 0 Å². The first-order valence-electron chi connectivity index (χ1n) is 3.76. The fraction of sp³-hybridized carbons (Fsp3) is 0.375. The maximum absolute atomic E-state index is 4.96. The summed E-state index contributed by atoms with van der Waals surface area (Å²) in [5.41, 5.74) is 4.48. The van der Waals surface area contributed by atoms with Gasteiger partial charge in [0, 0.05) is 16.5 Å². The largest absolute Gasteiger partial charge is 0.335 e. The molecule has 0 saturated heterocycles. The van der Waals surface area contributed by atoms with E-state index in [9.17, 15) is 0 Å². The molecular weight excluding hydrogens is 154 g/mol. The molecule has 0 unspecified atom stereocenters. The van der Waals surface area contributed by atoms with Crippen molar-refractivity contribution >= 4 is 11.2 Å². The van der Waals surface area contributed by atoms with Crippen LogP contribution < -0.4 is 0 Å². The normalized spacial score (nSPS) is 10.9. The highest BCUT2D eigenvalue weighted by atomic mass is 16.5. The molecule has 0 saturated carbocycles. The molecule has 0 N–H and O–H groups in total. The van der Waals surface area contributed by atoms with Gasteiger partial charge in [0.1, 0.15) is 0 Å². The Kier molecular flexibility index (Phi) is 1.36. The number of aryl methyl sites for hydroxylation is 2.